The third kappa shape index (κ3) is 2.17. The van der Waals surface area contributed by atoms with Crippen molar-refractivity contribution in [3.63, 3.8) is 0 Å². The van der Waals surface area contributed by atoms with Crippen molar-refractivity contribution in [2.45, 2.75) is 13.5 Å². The van der Waals surface area contributed by atoms with E-state index in [1.807, 2.05) is 26.1 Å². The number of hydrogen-bond donors (Lipinski definition) is 1. The minimum atomic E-state index is 0.813. The molecule has 78 valence electrons. The first-order chi connectivity index (χ1) is 6.72. The molecule has 1 N–H and O–H groups in total. The fourth-order valence-electron chi connectivity index (χ4n) is 1.45. The van der Waals surface area contributed by atoms with E-state index in [1.165, 1.54) is 0 Å². The zero-order valence-electron chi connectivity index (χ0n) is 9.18. The van der Waals surface area contributed by atoms with Gasteiger partial charge in [0.25, 0.3) is 0 Å². The van der Waals surface area contributed by atoms with Crippen LogP contribution in [0.3, 0.4) is 0 Å². The van der Waals surface area contributed by atoms with Gasteiger partial charge in [0, 0.05) is 12.1 Å². The average Bonchev–Trinajstić information content (AvgIpc) is 2.20. The van der Waals surface area contributed by atoms with Gasteiger partial charge in [0.1, 0.15) is 11.5 Å². The van der Waals surface area contributed by atoms with Crippen molar-refractivity contribution >= 4 is 0 Å². The van der Waals surface area contributed by atoms with Crippen LogP contribution in [0.4, 0.5) is 0 Å². The molecular formula is C11H17NO2. The number of benzene rings is 1. The van der Waals surface area contributed by atoms with Crippen molar-refractivity contribution < 1.29 is 9.47 Å². The number of nitrogens with one attached hydrogen (secondary N) is 1. The average molecular weight is 195 g/mol. The maximum Gasteiger partial charge on any atom is 0.125 e. The van der Waals surface area contributed by atoms with Crippen LogP contribution in [-0.2, 0) is 6.54 Å². The summed E-state index contributed by atoms with van der Waals surface area (Å²) in [5.74, 6) is 1.74. The number of hydrogen-bond acceptors (Lipinski definition) is 3. The molecule has 3 nitrogen and oxygen atoms in total. The molecule has 0 aromatic heterocycles. The Morgan fingerprint density at radius 2 is 1.64 bits per heavy atom. The molecule has 1 rings (SSSR count). The standard InChI is InChI=1S/C11H17NO2/c1-8-10(13-3)5-9(7-12-2)6-11(8)14-4/h5-6,12H,7H2,1-4H3. The highest BCUT2D eigenvalue weighted by molar-refractivity contribution is 5.47. The molecule has 0 aliphatic carbocycles. The van der Waals surface area contributed by atoms with Crippen molar-refractivity contribution in [1.29, 1.82) is 0 Å². The third-order valence-electron chi connectivity index (χ3n) is 2.19. The summed E-state index contributed by atoms with van der Waals surface area (Å²) in [5, 5.41) is 3.09. The Hall–Kier alpha value is -1.22. The summed E-state index contributed by atoms with van der Waals surface area (Å²) in [7, 11) is 5.26. The molecule has 0 aliphatic rings. The highest BCUT2D eigenvalue weighted by atomic mass is 16.5. The lowest BCUT2D eigenvalue weighted by Gasteiger charge is -2.12. The Morgan fingerprint density at radius 1 is 1.14 bits per heavy atom. The SMILES string of the molecule is CNCc1cc(OC)c(C)c(OC)c1. The van der Waals surface area contributed by atoms with E-state index < -0.39 is 0 Å². The lowest BCUT2D eigenvalue weighted by molar-refractivity contribution is 0.387. The second kappa shape index (κ2) is 4.86. The second-order valence-corrected chi connectivity index (χ2v) is 3.16. The van der Waals surface area contributed by atoms with Gasteiger partial charge in [0.05, 0.1) is 14.2 Å². The van der Waals surface area contributed by atoms with E-state index in [4.69, 9.17) is 9.47 Å². The molecule has 14 heavy (non-hydrogen) atoms. The smallest absolute Gasteiger partial charge is 0.125 e. The minimum absolute atomic E-state index is 0.813. The van der Waals surface area contributed by atoms with Crippen molar-refractivity contribution in [1.82, 2.24) is 5.32 Å². The summed E-state index contributed by atoms with van der Waals surface area (Å²) in [5.41, 5.74) is 2.20. The highest BCUT2D eigenvalue weighted by Gasteiger charge is 2.07. The van der Waals surface area contributed by atoms with Crippen molar-refractivity contribution in [3.05, 3.63) is 23.3 Å². The monoisotopic (exact) mass is 195 g/mol. The van der Waals surface area contributed by atoms with Crippen molar-refractivity contribution in [2.24, 2.45) is 0 Å². The molecule has 0 saturated heterocycles. The molecule has 0 aliphatic heterocycles. The van der Waals surface area contributed by atoms with Crippen LogP contribution < -0.4 is 14.8 Å². The van der Waals surface area contributed by atoms with Gasteiger partial charge in [-0.15, -0.1) is 0 Å². The summed E-state index contributed by atoms with van der Waals surface area (Å²) >= 11 is 0. The minimum Gasteiger partial charge on any atom is -0.496 e. The van der Waals surface area contributed by atoms with Crippen LogP contribution in [0.1, 0.15) is 11.1 Å². The lowest BCUT2D eigenvalue weighted by Crippen LogP contribution is -2.06. The number of rotatable bonds is 4. The molecule has 3 heteroatoms. The second-order valence-electron chi connectivity index (χ2n) is 3.16. The van der Waals surface area contributed by atoms with E-state index in [1.54, 1.807) is 14.2 Å². The first-order valence-electron chi connectivity index (χ1n) is 4.59. The molecule has 0 spiro atoms. The summed E-state index contributed by atoms with van der Waals surface area (Å²) in [6, 6.07) is 4.04. The van der Waals surface area contributed by atoms with Crippen LogP contribution in [0.5, 0.6) is 11.5 Å². The van der Waals surface area contributed by atoms with Gasteiger partial charge >= 0.3 is 0 Å². The zero-order valence-corrected chi connectivity index (χ0v) is 9.18. The van der Waals surface area contributed by atoms with Gasteiger partial charge in [-0.1, -0.05) is 0 Å². The summed E-state index contributed by atoms with van der Waals surface area (Å²) in [6.45, 7) is 2.80. The van der Waals surface area contributed by atoms with E-state index >= 15 is 0 Å². The van der Waals surface area contributed by atoms with Crippen LogP contribution in [0.25, 0.3) is 0 Å². The normalized spacial score (nSPS) is 10.0. The van der Waals surface area contributed by atoms with E-state index in [9.17, 15) is 0 Å². The third-order valence-corrected chi connectivity index (χ3v) is 2.19. The van der Waals surface area contributed by atoms with Crippen LogP contribution >= 0.6 is 0 Å². The Kier molecular flexibility index (Phi) is 3.77. The molecule has 0 bridgehead atoms. The lowest BCUT2D eigenvalue weighted by atomic mass is 10.1. The molecule has 0 heterocycles. The van der Waals surface area contributed by atoms with Gasteiger partial charge in [0.2, 0.25) is 0 Å². The fraction of sp³-hybridized carbons (Fsp3) is 0.455. The molecule has 1 aromatic rings. The molecule has 0 fully saturated rings. The van der Waals surface area contributed by atoms with E-state index in [0.29, 0.717) is 0 Å². The van der Waals surface area contributed by atoms with Crippen LogP contribution in [0.2, 0.25) is 0 Å². The molecule has 0 unspecified atom stereocenters. The highest BCUT2D eigenvalue weighted by Crippen LogP contribution is 2.29. The molecule has 0 saturated carbocycles. The van der Waals surface area contributed by atoms with Gasteiger partial charge in [-0.25, -0.2) is 0 Å². The zero-order chi connectivity index (χ0) is 10.6. The molecule has 0 atom stereocenters. The van der Waals surface area contributed by atoms with Crippen molar-refractivity contribution in [3.8, 4) is 11.5 Å². The van der Waals surface area contributed by atoms with E-state index in [0.717, 1.165) is 29.2 Å². The Bertz CT molecular complexity index is 285. The molecular weight excluding hydrogens is 178 g/mol. The Balaban J connectivity index is 3.11. The van der Waals surface area contributed by atoms with E-state index in [-0.39, 0.29) is 0 Å². The largest absolute Gasteiger partial charge is 0.496 e. The van der Waals surface area contributed by atoms with Gasteiger partial charge < -0.3 is 14.8 Å². The predicted octanol–water partition coefficient (Wildman–Crippen LogP) is 1.73. The maximum atomic E-state index is 5.27. The molecule has 0 radical (unpaired) electrons. The van der Waals surface area contributed by atoms with Gasteiger partial charge in [-0.3, -0.25) is 0 Å². The van der Waals surface area contributed by atoms with Gasteiger partial charge in [-0.2, -0.15) is 0 Å². The molecule has 0 amide bonds. The summed E-state index contributed by atoms with van der Waals surface area (Å²) < 4.78 is 10.5. The van der Waals surface area contributed by atoms with Crippen LogP contribution in [0, 0.1) is 6.92 Å². The Labute approximate surface area is 85.0 Å². The summed E-state index contributed by atoms with van der Waals surface area (Å²) in [4.78, 5) is 0. The van der Waals surface area contributed by atoms with E-state index in [2.05, 4.69) is 5.32 Å². The van der Waals surface area contributed by atoms with Gasteiger partial charge in [0.15, 0.2) is 0 Å². The quantitative estimate of drug-likeness (QED) is 0.793. The van der Waals surface area contributed by atoms with Crippen molar-refractivity contribution in [2.75, 3.05) is 21.3 Å². The fourth-order valence-corrected chi connectivity index (χ4v) is 1.45. The predicted molar refractivity (Wildman–Crippen MR) is 57.0 cm³/mol. The maximum absolute atomic E-state index is 5.27. The van der Waals surface area contributed by atoms with Crippen LogP contribution in [-0.4, -0.2) is 21.3 Å². The number of methoxy groups -OCH3 is 2. The first kappa shape index (κ1) is 10.9. The summed E-state index contributed by atoms with van der Waals surface area (Å²) in [6.07, 6.45) is 0. The van der Waals surface area contributed by atoms with Gasteiger partial charge in [-0.05, 0) is 31.7 Å². The van der Waals surface area contributed by atoms with Crippen LogP contribution in [0.15, 0.2) is 12.1 Å². The molecule has 1 aromatic carbocycles. The number of ether oxygens (including phenoxy) is 2. The first-order valence-corrected chi connectivity index (χ1v) is 4.59. The Morgan fingerprint density at radius 3 is 2.00 bits per heavy atom. The topological polar surface area (TPSA) is 30.5 Å².